The molecule has 1 unspecified atom stereocenters. The van der Waals surface area contributed by atoms with Crippen LogP contribution in [-0.2, 0) is 6.54 Å². The first kappa shape index (κ1) is 18.2. The van der Waals surface area contributed by atoms with Gasteiger partial charge in [0.1, 0.15) is 17.9 Å². The maximum absolute atomic E-state index is 13.7. The van der Waals surface area contributed by atoms with Crippen molar-refractivity contribution in [2.24, 2.45) is 0 Å². The van der Waals surface area contributed by atoms with E-state index < -0.39 is 30.5 Å². The van der Waals surface area contributed by atoms with Gasteiger partial charge in [-0.25, -0.2) is 9.37 Å². The minimum atomic E-state index is -4.43. The van der Waals surface area contributed by atoms with Crippen LogP contribution in [0.1, 0.15) is 27.5 Å². The molecule has 2 heterocycles. The van der Waals surface area contributed by atoms with Gasteiger partial charge in [0.05, 0.1) is 23.4 Å². The van der Waals surface area contributed by atoms with Gasteiger partial charge in [-0.05, 0) is 24.3 Å². The summed E-state index contributed by atoms with van der Waals surface area (Å²) in [6.45, 7) is -1.23. The number of imidazole rings is 1. The van der Waals surface area contributed by atoms with Gasteiger partial charge in [-0.1, -0.05) is 27.5 Å². The molecule has 1 amide bonds. The van der Waals surface area contributed by atoms with Gasteiger partial charge in [-0.15, -0.1) is 0 Å². The van der Waals surface area contributed by atoms with Crippen LogP contribution in [0.2, 0.25) is 5.02 Å². The van der Waals surface area contributed by atoms with Crippen LogP contribution in [0.25, 0.3) is 11.0 Å². The van der Waals surface area contributed by atoms with Gasteiger partial charge in [-0.2, -0.15) is 13.2 Å². The van der Waals surface area contributed by atoms with E-state index >= 15 is 0 Å². The van der Waals surface area contributed by atoms with E-state index in [1.54, 1.807) is 0 Å². The quantitative estimate of drug-likeness (QED) is 0.546. The fourth-order valence-corrected chi connectivity index (χ4v) is 4.13. The number of rotatable bonds is 2. The number of amides is 1. The van der Waals surface area contributed by atoms with Crippen molar-refractivity contribution in [3.05, 3.63) is 62.6 Å². The SMILES string of the molecule is O=C1NC(c2cc(F)ccc2Cl)c2c(Br)cc3c(ncn3CC(F)(F)F)c21. The van der Waals surface area contributed by atoms with Crippen LogP contribution in [0.4, 0.5) is 17.6 Å². The largest absolute Gasteiger partial charge is 0.406 e. The van der Waals surface area contributed by atoms with Crippen LogP contribution in [0, 0.1) is 5.82 Å². The minimum absolute atomic E-state index is 0.143. The smallest absolute Gasteiger partial charge is 0.341 e. The molecule has 0 radical (unpaired) electrons. The summed E-state index contributed by atoms with van der Waals surface area (Å²) < 4.78 is 53.3. The molecule has 3 aromatic rings. The van der Waals surface area contributed by atoms with E-state index in [0.29, 0.717) is 15.6 Å². The van der Waals surface area contributed by atoms with Crippen LogP contribution in [0.15, 0.2) is 35.1 Å². The average molecular weight is 463 g/mol. The summed E-state index contributed by atoms with van der Waals surface area (Å²) in [6, 6.07) is 4.50. The Hall–Kier alpha value is -2.13. The molecule has 0 spiro atoms. The van der Waals surface area contributed by atoms with Crippen LogP contribution < -0.4 is 5.32 Å². The monoisotopic (exact) mass is 461 g/mol. The third-order valence-corrected chi connectivity index (χ3v) is 5.32. The molecule has 140 valence electrons. The fourth-order valence-electron chi connectivity index (χ4n) is 3.26. The topological polar surface area (TPSA) is 46.9 Å². The first-order valence-corrected chi connectivity index (χ1v) is 8.82. The summed E-state index contributed by atoms with van der Waals surface area (Å²) in [5, 5.41) is 2.96. The molecule has 27 heavy (non-hydrogen) atoms. The standard InChI is InChI=1S/C17H9BrClF4N3O/c18-9-4-11-15(24-6-26(11)5-17(21,22)23)13-12(9)14(25-16(13)27)8-3-7(20)1-2-10(8)19/h1-4,6,14H,5H2,(H,25,27). The maximum atomic E-state index is 13.7. The summed E-state index contributed by atoms with van der Waals surface area (Å²) in [6.07, 6.45) is -3.39. The number of hydrogen-bond donors (Lipinski definition) is 1. The lowest BCUT2D eigenvalue weighted by atomic mass is 9.97. The fraction of sp³-hybridized carbons (Fsp3) is 0.176. The molecule has 1 aliphatic heterocycles. The van der Waals surface area contributed by atoms with Gasteiger partial charge < -0.3 is 9.88 Å². The molecule has 1 aliphatic rings. The average Bonchev–Trinajstić information content (AvgIpc) is 3.10. The Morgan fingerprint density at radius 1 is 1.30 bits per heavy atom. The number of carbonyl (C=O) groups excluding carboxylic acids is 1. The zero-order valence-corrected chi connectivity index (χ0v) is 15.6. The molecule has 1 N–H and O–H groups in total. The van der Waals surface area contributed by atoms with Crippen LogP contribution in [0.3, 0.4) is 0 Å². The van der Waals surface area contributed by atoms with E-state index in [4.69, 9.17) is 11.6 Å². The maximum Gasteiger partial charge on any atom is 0.406 e. The van der Waals surface area contributed by atoms with Crippen molar-refractivity contribution in [1.82, 2.24) is 14.9 Å². The molecule has 0 aliphatic carbocycles. The molecule has 0 bridgehead atoms. The predicted octanol–water partition coefficient (Wildman–Crippen LogP) is 4.99. The van der Waals surface area contributed by atoms with Gasteiger partial charge in [0, 0.05) is 20.6 Å². The first-order chi connectivity index (χ1) is 12.7. The lowest BCUT2D eigenvalue weighted by Crippen LogP contribution is -2.20. The van der Waals surface area contributed by atoms with E-state index in [1.807, 2.05) is 0 Å². The Balaban J connectivity index is 1.92. The zero-order chi connectivity index (χ0) is 19.5. The van der Waals surface area contributed by atoms with Crippen molar-refractivity contribution >= 4 is 44.5 Å². The number of carbonyl (C=O) groups is 1. The summed E-state index contributed by atoms with van der Waals surface area (Å²) in [5.41, 5.74) is 1.26. The van der Waals surface area contributed by atoms with Crippen molar-refractivity contribution in [3.63, 3.8) is 0 Å². The van der Waals surface area contributed by atoms with Crippen molar-refractivity contribution in [1.29, 1.82) is 0 Å². The van der Waals surface area contributed by atoms with Gasteiger partial charge in [-0.3, -0.25) is 4.79 Å². The molecule has 4 rings (SSSR count). The van der Waals surface area contributed by atoms with Gasteiger partial charge in [0.15, 0.2) is 0 Å². The normalized spacial score (nSPS) is 16.7. The number of alkyl halides is 3. The summed E-state index contributed by atoms with van der Waals surface area (Å²) >= 11 is 9.48. The molecule has 1 atom stereocenters. The van der Waals surface area contributed by atoms with E-state index in [1.165, 1.54) is 24.3 Å². The molecule has 0 saturated carbocycles. The molecule has 2 aromatic carbocycles. The van der Waals surface area contributed by atoms with Crippen molar-refractivity contribution in [2.75, 3.05) is 0 Å². The number of nitrogens with one attached hydrogen (secondary N) is 1. The lowest BCUT2D eigenvalue weighted by Gasteiger charge is -2.16. The highest BCUT2D eigenvalue weighted by Gasteiger charge is 2.37. The van der Waals surface area contributed by atoms with Crippen molar-refractivity contribution in [2.45, 2.75) is 18.8 Å². The number of aromatic nitrogens is 2. The van der Waals surface area contributed by atoms with E-state index in [9.17, 15) is 22.4 Å². The Morgan fingerprint density at radius 3 is 2.74 bits per heavy atom. The minimum Gasteiger partial charge on any atom is -0.341 e. The Bertz CT molecular complexity index is 1100. The summed E-state index contributed by atoms with van der Waals surface area (Å²) in [7, 11) is 0. The highest BCUT2D eigenvalue weighted by atomic mass is 79.9. The van der Waals surface area contributed by atoms with Gasteiger partial charge >= 0.3 is 6.18 Å². The van der Waals surface area contributed by atoms with Crippen molar-refractivity contribution in [3.8, 4) is 0 Å². The Labute approximate surface area is 163 Å². The molecule has 0 fully saturated rings. The van der Waals surface area contributed by atoms with Crippen molar-refractivity contribution < 1.29 is 22.4 Å². The predicted molar refractivity (Wildman–Crippen MR) is 94.2 cm³/mol. The summed E-state index contributed by atoms with van der Waals surface area (Å²) in [4.78, 5) is 16.6. The molecule has 0 saturated heterocycles. The highest BCUT2D eigenvalue weighted by Crippen LogP contribution is 2.42. The van der Waals surface area contributed by atoms with E-state index in [0.717, 1.165) is 10.9 Å². The second kappa shape index (κ2) is 6.20. The van der Waals surface area contributed by atoms with Gasteiger partial charge in [0.2, 0.25) is 0 Å². The number of benzene rings is 2. The Morgan fingerprint density at radius 2 is 2.04 bits per heavy atom. The van der Waals surface area contributed by atoms with E-state index in [-0.39, 0.29) is 21.6 Å². The third kappa shape index (κ3) is 3.08. The second-order valence-electron chi connectivity index (χ2n) is 6.07. The first-order valence-electron chi connectivity index (χ1n) is 7.65. The number of nitrogens with zero attached hydrogens (tertiary/aromatic N) is 2. The number of halogens is 6. The second-order valence-corrected chi connectivity index (χ2v) is 7.34. The van der Waals surface area contributed by atoms with Crippen LogP contribution in [-0.4, -0.2) is 21.6 Å². The molecule has 10 heteroatoms. The molecular formula is C17H9BrClF4N3O. The van der Waals surface area contributed by atoms with Crippen LogP contribution in [0.5, 0.6) is 0 Å². The molecular weight excluding hydrogens is 454 g/mol. The summed E-state index contributed by atoms with van der Waals surface area (Å²) in [5.74, 6) is -1.04. The highest BCUT2D eigenvalue weighted by molar-refractivity contribution is 9.10. The Kier molecular flexibility index (Phi) is 4.19. The number of fused-ring (bicyclic) bond motifs is 3. The zero-order valence-electron chi connectivity index (χ0n) is 13.2. The van der Waals surface area contributed by atoms with E-state index in [2.05, 4.69) is 26.2 Å². The number of hydrogen-bond acceptors (Lipinski definition) is 2. The molecule has 4 nitrogen and oxygen atoms in total. The third-order valence-electron chi connectivity index (χ3n) is 4.32. The van der Waals surface area contributed by atoms with Crippen LogP contribution >= 0.6 is 27.5 Å². The lowest BCUT2D eigenvalue weighted by molar-refractivity contribution is -0.139. The van der Waals surface area contributed by atoms with Gasteiger partial charge in [0.25, 0.3) is 5.91 Å². The molecule has 1 aromatic heterocycles.